The molecule has 1 N–H and O–H groups in total. The van der Waals surface area contributed by atoms with E-state index in [2.05, 4.69) is 41.5 Å². The highest BCUT2D eigenvalue weighted by Gasteiger charge is 2.29. The average molecular weight is 401 g/mol. The fourth-order valence-electron chi connectivity index (χ4n) is 3.66. The Labute approximate surface area is 172 Å². The first-order valence-corrected chi connectivity index (χ1v) is 10.9. The van der Waals surface area contributed by atoms with Crippen LogP contribution in [0.2, 0.25) is 0 Å². The highest BCUT2D eigenvalue weighted by atomic mass is 16.5. The lowest BCUT2D eigenvalue weighted by Gasteiger charge is -2.34. The van der Waals surface area contributed by atoms with Crippen LogP contribution in [0.5, 0.6) is 0 Å². The van der Waals surface area contributed by atoms with Gasteiger partial charge in [0.25, 0.3) is 0 Å². The summed E-state index contributed by atoms with van der Waals surface area (Å²) in [5, 5.41) is 9.32. The lowest BCUT2D eigenvalue weighted by molar-refractivity contribution is -0.145. The van der Waals surface area contributed by atoms with E-state index in [4.69, 9.17) is 9.47 Å². The second kappa shape index (κ2) is 13.2. The standard InChI is InChI=1S/C23H44O5/c1-8-22(3,4)18(14-16-24)11-13-21(26)28-17-15-19(23(5,6)9-2)10-12-20(25)27-7/h18-19,24H,8-17H2,1-7H3. The molecule has 0 amide bonds. The molecule has 0 aromatic heterocycles. The molecular weight excluding hydrogens is 356 g/mol. The van der Waals surface area contributed by atoms with Gasteiger partial charge in [-0.15, -0.1) is 0 Å². The second-order valence-corrected chi connectivity index (χ2v) is 9.25. The van der Waals surface area contributed by atoms with Gasteiger partial charge in [-0.2, -0.15) is 0 Å². The van der Waals surface area contributed by atoms with Crippen molar-refractivity contribution in [2.45, 2.75) is 92.9 Å². The fraction of sp³-hybridized carbons (Fsp3) is 0.913. The van der Waals surface area contributed by atoms with Crippen LogP contribution in [-0.4, -0.2) is 37.4 Å². The molecule has 0 spiro atoms. The van der Waals surface area contributed by atoms with E-state index in [1.165, 1.54) is 7.11 Å². The second-order valence-electron chi connectivity index (χ2n) is 9.25. The minimum atomic E-state index is -0.192. The van der Waals surface area contributed by atoms with Gasteiger partial charge in [-0.3, -0.25) is 9.59 Å². The Morgan fingerprint density at radius 3 is 1.71 bits per heavy atom. The lowest BCUT2D eigenvalue weighted by Crippen LogP contribution is -2.27. The molecule has 0 aliphatic heterocycles. The first kappa shape index (κ1) is 26.9. The van der Waals surface area contributed by atoms with E-state index in [-0.39, 0.29) is 29.4 Å². The third-order valence-electron chi connectivity index (χ3n) is 6.86. The summed E-state index contributed by atoms with van der Waals surface area (Å²) in [5.74, 6) is 0.241. The quantitative estimate of drug-likeness (QED) is 0.385. The van der Waals surface area contributed by atoms with Crippen molar-refractivity contribution < 1.29 is 24.2 Å². The molecule has 5 nitrogen and oxygen atoms in total. The van der Waals surface area contributed by atoms with Gasteiger partial charge in [0.1, 0.15) is 0 Å². The molecule has 166 valence electrons. The zero-order chi connectivity index (χ0) is 21.8. The van der Waals surface area contributed by atoms with Gasteiger partial charge in [0, 0.05) is 19.4 Å². The van der Waals surface area contributed by atoms with Gasteiger partial charge in [0.15, 0.2) is 0 Å². The summed E-state index contributed by atoms with van der Waals surface area (Å²) in [4.78, 5) is 23.7. The number of rotatable bonds is 15. The normalized spacial score (nSPS) is 14.4. The number of carbonyl (C=O) groups excluding carboxylic acids is 2. The van der Waals surface area contributed by atoms with E-state index >= 15 is 0 Å². The molecule has 0 saturated carbocycles. The molecular formula is C23H44O5. The van der Waals surface area contributed by atoms with E-state index < -0.39 is 0 Å². The van der Waals surface area contributed by atoms with E-state index in [1.807, 2.05) is 0 Å². The Hall–Kier alpha value is -1.10. The van der Waals surface area contributed by atoms with Gasteiger partial charge < -0.3 is 14.6 Å². The highest BCUT2D eigenvalue weighted by Crippen LogP contribution is 2.37. The number of aliphatic hydroxyl groups is 1. The molecule has 0 fully saturated rings. The van der Waals surface area contributed by atoms with Crippen LogP contribution < -0.4 is 0 Å². The van der Waals surface area contributed by atoms with Crippen LogP contribution in [0, 0.1) is 22.7 Å². The molecule has 0 bridgehead atoms. The molecule has 2 unspecified atom stereocenters. The van der Waals surface area contributed by atoms with Crippen molar-refractivity contribution >= 4 is 11.9 Å². The Balaban J connectivity index is 4.54. The van der Waals surface area contributed by atoms with Crippen molar-refractivity contribution in [1.82, 2.24) is 0 Å². The number of aliphatic hydroxyl groups excluding tert-OH is 1. The summed E-state index contributed by atoms with van der Waals surface area (Å²) in [6.45, 7) is 13.6. The van der Waals surface area contributed by atoms with Crippen LogP contribution in [0.4, 0.5) is 0 Å². The Bertz CT molecular complexity index is 456. The Morgan fingerprint density at radius 2 is 1.29 bits per heavy atom. The number of ether oxygens (including phenoxy) is 2. The molecule has 0 aromatic carbocycles. The monoisotopic (exact) mass is 400 g/mol. The van der Waals surface area contributed by atoms with Crippen molar-refractivity contribution in [2.75, 3.05) is 20.3 Å². The number of hydrogen-bond donors (Lipinski definition) is 1. The van der Waals surface area contributed by atoms with Crippen LogP contribution in [-0.2, 0) is 19.1 Å². The number of esters is 2. The first-order chi connectivity index (χ1) is 13.0. The number of methoxy groups -OCH3 is 1. The summed E-state index contributed by atoms with van der Waals surface area (Å²) in [5.41, 5.74) is 0.185. The Kier molecular flexibility index (Phi) is 12.7. The number of hydrogen-bond acceptors (Lipinski definition) is 5. The molecule has 0 heterocycles. The van der Waals surface area contributed by atoms with Gasteiger partial charge in [-0.05, 0) is 48.3 Å². The summed E-state index contributed by atoms with van der Waals surface area (Å²) >= 11 is 0. The third kappa shape index (κ3) is 9.90. The molecule has 2 atom stereocenters. The zero-order valence-corrected chi connectivity index (χ0v) is 19.3. The summed E-state index contributed by atoms with van der Waals surface area (Å²) in [6.07, 6.45) is 5.76. The van der Waals surface area contributed by atoms with E-state index in [9.17, 15) is 14.7 Å². The van der Waals surface area contributed by atoms with Gasteiger partial charge in [0.2, 0.25) is 0 Å². The van der Waals surface area contributed by atoms with E-state index in [0.717, 1.165) is 32.1 Å². The van der Waals surface area contributed by atoms with Gasteiger partial charge >= 0.3 is 11.9 Å². The fourth-order valence-corrected chi connectivity index (χ4v) is 3.66. The molecule has 0 aromatic rings. The summed E-state index contributed by atoms with van der Waals surface area (Å²) in [7, 11) is 1.41. The first-order valence-electron chi connectivity index (χ1n) is 10.9. The van der Waals surface area contributed by atoms with Crippen molar-refractivity contribution in [3.63, 3.8) is 0 Å². The minimum absolute atomic E-state index is 0.0812. The lowest BCUT2D eigenvalue weighted by atomic mass is 9.73. The van der Waals surface area contributed by atoms with Crippen molar-refractivity contribution in [3.05, 3.63) is 0 Å². The van der Waals surface area contributed by atoms with Crippen LogP contribution in [0.3, 0.4) is 0 Å². The van der Waals surface area contributed by atoms with Crippen molar-refractivity contribution in [3.8, 4) is 0 Å². The van der Waals surface area contributed by atoms with Gasteiger partial charge in [-0.25, -0.2) is 0 Å². The largest absolute Gasteiger partial charge is 0.469 e. The average Bonchev–Trinajstić information content (AvgIpc) is 2.66. The van der Waals surface area contributed by atoms with Gasteiger partial charge in [-0.1, -0.05) is 54.4 Å². The number of carbonyl (C=O) groups is 2. The smallest absolute Gasteiger partial charge is 0.305 e. The molecule has 0 aliphatic rings. The summed E-state index contributed by atoms with van der Waals surface area (Å²) < 4.78 is 10.3. The SMILES string of the molecule is CCC(C)(C)C(CCOC(=O)CCC(CCO)C(C)(C)CC)CCC(=O)OC. The molecule has 28 heavy (non-hydrogen) atoms. The molecule has 5 heteroatoms. The maximum Gasteiger partial charge on any atom is 0.305 e. The molecule has 0 rings (SSSR count). The zero-order valence-electron chi connectivity index (χ0n) is 19.3. The van der Waals surface area contributed by atoms with Crippen molar-refractivity contribution in [1.29, 1.82) is 0 Å². The van der Waals surface area contributed by atoms with Crippen LogP contribution in [0.25, 0.3) is 0 Å². The summed E-state index contributed by atoms with van der Waals surface area (Å²) in [6, 6.07) is 0. The highest BCUT2D eigenvalue weighted by molar-refractivity contribution is 5.69. The maximum absolute atomic E-state index is 12.2. The Morgan fingerprint density at radius 1 is 0.821 bits per heavy atom. The van der Waals surface area contributed by atoms with E-state index in [1.54, 1.807) is 0 Å². The van der Waals surface area contributed by atoms with E-state index in [0.29, 0.717) is 37.7 Å². The third-order valence-corrected chi connectivity index (χ3v) is 6.86. The molecule has 0 saturated heterocycles. The van der Waals surface area contributed by atoms with Crippen LogP contribution in [0.15, 0.2) is 0 Å². The van der Waals surface area contributed by atoms with Crippen LogP contribution in [0.1, 0.15) is 92.9 Å². The van der Waals surface area contributed by atoms with Crippen LogP contribution >= 0.6 is 0 Å². The topological polar surface area (TPSA) is 72.8 Å². The molecule has 0 aliphatic carbocycles. The van der Waals surface area contributed by atoms with Gasteiger partial charge in [0.05, 0.1) is 13.7 Å². The maximum atomic E-state index is 12.2. The van der Waals surface area contributed by atoms with Crippen molar-refractivity contribution in [2.24, 2.45) is 22.7 Å². The predicted octanol–water partition coefficient (Wildman–Crippen LogP) is 5.14. The predicted molar refractivity (Wildman–Crippen MR) is 113 cm³/mol. The minimum Gasteiger partial charge on any atom is -0.469 e. The molecule has 0 radical (unpaired) electrons.